The smallest absolute Gasteiger partial charge is 0.307 e. The fourth-order valence-corrected chi connectivity index (χ4v) is 9.78. The average molecular weight is 603 g/mol. The van der Waals surface area contributed by atoms with Gasteiger partial charge in [0, 0.05) is 30.6 Å². The van der Waals surface area contributed by atoms with Crippen LogP contribution in [0.15, 0.2) is 0 Å². The molecule has 6 fully saturated rings. The van der Waals surface area contributed by atoms with E-state index in [0.29, 0.717) is 31.6 Å². The Morgan fingerprint density at radius 2 is 1.16 bits per heavy atom. The summed E-state index contributed by atoms with van der Waals surface area (Å²) < 4.78 is 11.0. The molecule has 0 bridgehead atoms. The Morgan fingerprint density at radius 3 is 1.70 bits per heavy atom. The van der Waals surface area contributed by atoms with E-state index in [4.69, 9.17) is 9.47 Å². The third kappa shape index (κ3) is 7.14. The van der Waals surface area contributed by atoms with Gasteiger partial charge in [-0.3, -0.25) is 14.5 Å². The number of piperidine rings is 12. The second-order valence-corrected chi connectivity index (χ2v) is 14.5. The Morgan fingerprint density at radius 1 is 0.651 bits per heavy atom. The van der Waals surface area contributed by atoms with Gasteiger partial charge in [0.1, 0.15) is 0 Å². The standard InChI is InChI=1S/C36H62N2O5/c1-2-3-4-5-7-13-18-25-42-28(40)20-15-10-9-12-17-22-37(23-24-39)21-16-11-6-8-14-19-26-43-29(41)27-36-32-30-31-34(32)38(36)35(31)33(30)36/h30-35,39H,2-27H2,1H3. The minimum absolute atomic E-state index is 0.0275. The normalized spacial score (nSPS) is 30.1. The van der Waals surface area contributed by atoms with Gasteiger partial charge in [0.2, 0.25) is 0 Å². The van der Waals surface area contributed by atoms with Crippen LogP contribution in [0.1, 0.15) is 135 Å². The van der Waals surface area contributed by atoms with E-state index >= 15 is 0 Å². The average Bonchev–Trinajstić information content (AvgIpc) is 3.01. The molecule has 43 heavy (non-hydrogen) atoms. The van der Waals surface area contributed by atoms with Gasteiger partial charge >= 0.3 is 11.9 Å². The fraction of sp³-hybridized carbons (Fsp3) is 0.944. The van der Waals surface area contributed by atoms with Crippen LogP contribution in [0.5, 0.6) is 0 Å². The first-order chi connectivity index (χ1) is 21.1. The number of hydrogen-bond acceptors (Lipinski definition) is 7. The van der Waals surface area contributed by atoms with Crippen molar-refractivity contribution in [2.75, 3.05) is 39.5 Å². The zero-order valence-electron chi connectivity index (χ0n) is 27.3. The molecule has 3 heterocycles. The third-order valence-electron chi connectivity index (χ3n) is 11.9. The third-order valence-corrected chi connectivity index (χ3v) is 11.9. The van der Waals surface area contributed by atoms with Crippen molar-refractivity contribution in [3.05, 3.63) is 0 Å². The number of aliphatic hydroxyl groups is 1. The van der Waals surface area contributed by atoms with E-state index in [-0.39, 0.29) is 18.5 Å². The lowest BCUT2D eigenvalue weighted by Gasteiger charge is -3.08. The van der Waals surface area contributed by atoms with Crippen LogP contribution < -0.4 is 0 Å². The van der Waals surface area contributed by atoms with E-state index in [1.807, 2.05) is 0 Å². The van der Waals surface area contributed by atoms with Gasteiger partial charge < -0.3 is 19.5 Å². The number of rotatable bonds is 29. The monoisotopic (exact) mass is 602 g/mol. The van der Waals surface area contributed by atoms with E-state index in [1.54, 1.807) is 0 Å². The first-order valence-electron chi connectivity index (χ1n) is 18.6. The second-order valence-electron chi connectivity index (χ2n) is 14.5. The minimum atomic E-state index is -0.0275. The van der Waals surface area contributed by atoms with Gasteiger partial charge in [-0.25, -0.2) is 0 Å². The van der Waals surface area contributed by atoms with E-state index in [1.165, 1.54) is 70.6 Å². The maximum Gasteiger partial charge on any atom is 0.307 e. The molecular weight excluding hydrogens is 540 g/mol. The molecule has 0 spiro atoms. The molecule has 3 saturated carbocycles. The zero-order valence-corrected chi connectivity index (χ0v) is 27.3. The van der Waals surface area contributed by atoms with Crippen molar-refractivity contribution in [3.8, 4) is 0 Å². The summed E-state index contributed by atoms with van der Waals surface area (Å²) in [7, 11) is 0. The van der Waals surface area contributed by atoms with Crippen molar-refractivity contribution in [1.82, 2.24) is 9.80 Å². The SMILES string of the molecule is CCCCCCCCCOC(=O)CCCCCCCN(CCO)CCCCCCCCOC(=O)CC12C3C4C5C3N1C5C42. The van der Waals surface area contributed by atoms with Crippen molar-refractivity contribution < 1.29 is 24.2 Å². The van der Waals surface area contributed by atoms with Gasteiger partial charge in [0.15, 0.2) is 0 Å². The summed E-state index contributed by atoms with van der Waals surface area (Å²) in [5.41, 5.74) is 0.291. The predicted molar refractivity (Wildman–Crippen MR) is 170 cm³/mol. The number of ether oxygens (including phenoxy) is 2. The summed E-state index contributed by atoms with van der Waals surface area (Å²) in [5.74, 6) is 3.81. The van der Waals surface area contributed by atoms with Crippen LogP contribution >= 0.6 is 0 Å². The van der Waals surface area contributed by atoms with Crippen LogP contribution in [0, 0.1) is 23.7 Å². The molecule has 4 atom stereocenters. The lowest BCUT2D eigenvalue weighted by Crippen LogP contribution is -3.17. The lowest BCUT2D eigenvalue weighted by atomic mass is 9.11. The summed E-state index contributed by atoms with van der Waals surface area (Å²) in [4.78, 5) is 29.3. The fourth-order valence-electron chi connectivity index (χ4n) is 9.78. The Bertz CT molecular complexity index is 829. The molecule has 7 heteroatoms. The first-order valence-corrected chi connectivity index (χ1v) is 18.6. The topological polar surface area (TPSA) is 79.3 Å². The number of aliphatic hydroxyl groups excluding tert-OH is 1. The molecule has 0 radical (unpaired) electrons. The Kier molecular flexibility index (Phi) is 12.7. The Labute approximate surface area is 261 Å². The highest BCUT2D eigenvalue weighted by Gasteiger charge is 3.04. The molecular formula is C36H62N2O5. The van der Waals surface area contributed by atoms with Gasteiger partial charge in [-0.1, -0.05) is 90.4 Å². The summed E-state index contributed by atoms with van der Waals surface area (Å²) in [6.07, 6.45) is 22.4. The van der Waals surface area contributed by atoms with Crippen LogP contribution in [-0.2, 0) is 19.1 Å². The quantitative estimate of drug-likeness (QED) is 0.0773. The van der Waals surface area contributed by atoms with Crippen LogP contribution in [-0.4, -0.2) is 83.9 Å². The molecule has 0 aromatic heterocycles. The van der Waals surface area contributed by atoms with E-state index in [9.17, 15) is 14.7 Å². The second kappa shape index (κ2) is 16.4. The van der Waals surface area contributed by atoms with Crippen LogP contribution in [0.25, 0.3) is 0 Å². The molecule has 4 unspecified atom stereocenters. The summed E-state index contributed by atoms with van der Waals surface area (Å²) >= 11 is 0. The van der Waals surface area contributed by atoms with Crippen LogP contribution in [0.4, 0.5) is 0 Å². The number of esters is 2. The molecule has 1 N–H and O–H groups in total. The zero-order chi connectivity index (χ0) is 30.1. The van der Waals surface area contributed by atoms with Gasteiger partial charge in [0.25, 0.3) is 0 Å². The largest absolute Gasteiger partial charge is 0.466 e. The van der Waals surface area contributed by atoms with Crippen molar-refractivity contribution in [1.29, 1.82) is 0 Å². The van der Waals surface area contributed by atoms with E-state index < -0.39 is 0 Å². The van der Waals surface area contributed by atoms with Gasteiger partial charge in [-0.2, -0.15) is 0 Å². The molecule has 0 amide bonds. The molecule has 3 saturated heterocycles. The molecule has 3 aliphatic carbocycles. The van der Waals surface area contributed by atoms with E-state index in [0.717, 1.165) is 100 Å². The molecule has 7 nitrogen and oxygen atoms in total. The molecule has 0 aromatic rings. The number of hydrogen-bond donors (Lipinski definition) is 1. The Hall–Kier alpha value is -1.18. The van der Waals surface area contributed by atoms with Crippen molar-refractivity contribution in [2.24, 2.45) is 23.7 Å². The molecule has 3 aliphatic heterocycles. The van der Waals surface area contributed by atoms with Gasteiger partial charge in [0.05, 0.1) is 26.2 Å². The highest BCUT2D eigenvalue weighted by Crippen LogP contribution is 2.95. The van der Waals surface area contributed by atoms with Gasteiger partial charge in [-0.05, 0) is 68.9 Å². The highest BCUT2D eigenvalue weighted by atomic mass is 16.5. The summed E-state index contributed by atoms with van der Waals surface area (Å²) in [6, 6.07) is 1.76. The van der Waals surface area contributed by atoms with Crippen molar-refractivity contribution in [3.63, 3.8) is 0 Å². The molecule has 6 rings (SSSR count). The molecule has 0 aromatic carbocycles. The number of unbranched alkanes of at least 4 members (excludes halogenated alkanes) is 15. The van der Waals surface area contributed by atoms with Gasteiger partial charge in [-0.15, -0.1) is 0 Å². The number of carbonyl (C=O) groups is 2. The van der Waals surface area contributed by atoms with Crippen LogP contribution in [0.3, 0.4) is 0 Å². The molecule has 246 valence electrons. The first kappa shape index (κ1) is 33.2. The van der Waals surface area contributed by atoms with Crippen molar-refractivity contribution >= 4 is 11.9 Å². The maximum atomic E-state index is 12.4. The van der Waals surface area contributed by atoms with Crippen LogP contribution in [0.2, 0.25) is 0 Å². The summed E-state index contributed by atoms with van der Waals surface area (Å²) in [6.45, 7) is 6.52. The number of nitrogens with zero attached hydrogens (tertiary/aromatic N) is 2. The summed E-state index contributed by atoms with van der Waals surface area (Å²) in [5, 5.41) is 9.46. The Balaban J connectivity index is 0.753. The van der Waals surface area contributed by atoms with Crippen molar-refractivity contribution in [2.45, 2.75) is 153 Å². The maximum absolute atomic E-state index is 12.4. The predicted octanol–water partition coefficient (Wildman–Crippen LogP) is 6.50. The lowest BCUT2D eigenvalue weighted by molar-refractivity contribution is -0.592. The number of carbonyl (C=O) groups excluding carboxylic acids is 2. The molecule has 6 aliphatic rings. The highest BCUT2D eigenvalue weighted by molar-refractivity contribution is 5.75. The van der Waals surface area contributed by atoms with E-state index in [2.05, 4.69) is 16.7 Å². The minimum Gasteiger partial charge on any atom is -0.466 e.